The van der Waals surface area contributed by atoms with Crippen molar-refractivity contribution in [1.29, 1.82) is 0 Å². The SMILES string of the molecule is CC1(C)O[C@@H]2[C@H](O1)[C@@H](CO)O[C@H]2n1c(-c2ccccc2)nc2c(N)[nH]c(=O)nc21.CC1(C)O[C@@H]2[C@H](O1)[C@@H](CO)O[C@H]2n1c(-c2ccccc2)nc2c(N)[nH]c(=O)nc21.CO.ClCCl. The van der Waals surface area contributed by atoms with E-state index in [-0.39, 0.29) is 41.5 Å². The van der Waals surface area contributed by atoms with E-state index in [4.69, 9.17) is 68.2 Å². The first-order valence-electron chi connectivity index (χ1n) is 19.6. The van der Waals surface area contributed by atoms with Gasteiger partial charge >= 0.3 is 11.4 Å². The van der Waals surface area contributed by atoms with Gasteiger partial charge in [0.05, 0.1) is 18.6 Å². The van der Waals surface area contributed by atoms with Gasteiger partial charge in [0.2, 0.25) is 0 Å². The van der Waals surface area contributed by atoms with Gasteiger partial charge in [0, 0.05) is 18.2 Å². The molecule has 4 saturated heterocycles. The molecule has 23 heteroatoms. The average Bonchev–Trinajstić information content (AvgIpc) is 4.09. The van der Waals surface area contributed by atoms with Crippen LogP contribution >= 0.6 is 23.2 Å². The molecule has 338 valence electrons. The van der Waals surface area contributed by atoms with Crippen LogP contribution in [0.1, 0.15) is 40.2 Å². The number of halogens is 2. The first kappa shape index (κ1) is 46.0. The molecule has 63 heavy (non-hydrogen) atoms. The van der Waals surface area contributed by atoms with Crippen molar-refractivity contribution >= 4 is 57.2 Å². The predicted molar refractivity (Wildman–Crippen MR) is 230 cm³/mol. The molecule has 4 fully saturated rings. The molecule has 8 atom stereocenters. The number of imidazole rings is 2. The molecule has 4 aliphatic rings. The lowest BCUT2D eigenvalue weighted by molar-refractivity contribution is -0.199. The summed E-state index contributed by atoms with van der Waals surface area (Å²) in [5, 5.41) is 26.8. The maximum absolute atomic E-state index is 12.0. The number of benzene rings is 2. The summed E-state index contributed by atoms with van der Waals surface area (Å²) in [6.07, 6.45) is -4.60. The third kappa shape index (κ3) is 8.91. The summed E-state index contributed by atoms with van der Waals surface area (Å²) in [6.45, 7) is 6.76. The number of hydrogen-bond donors (Lipinski definition) is 7. The van der Waals surface area contributed by atoms with Gasteiger partial charge in [-0.25, -0.2) is 19.6 Å². The summed E-state index contributed by atoms with van der Waals surface area (Å²) in [5.41, 5.74) is 13.7. The van der Waals surface area contributed by atoms with Crippen LogP contribution in [-0.4, -0.2) is 128 Å². The van der Waals surface area contributed by atoms with Crippen molar-refractivity contribution in [3.63, 3.8) is 0 Å². The Hall–Kier alpha value is -5.04. The largest absolute Gasteiger partial charge is 0.400 e. The van der Waals surface area contributed by atoms with Crippen LogP contribution in [0.2, 0.25) is 0 Å². The highest BCUT2D eigenvalue weighted by atomic mass is 35.5. The first-order chi connectivity index (χ1) is 30.2. The average molecular weight is 916 g/mol. The Morgan fingerprint density at radius 3 is 1.29 bits per heavy atom. The smallest absolute Gasteiger partial charge is 0.348 e. The lowest BCUT2D eigenvalue weighted by Gasteiger charge is -2.25. The molecule has 21 nitrogen and oxygen atoms in total. The zero-order chi connectivity index (χ0) is 45.4. The first-order valence-corrected chi connectivity index (χ1v) is 20.7. The molecular formula is C40H48Cl2N10O11. The molecule has 9 N–H and O–H groups in total. The Morgan fingerprint density at radius 1 is 0.619 bits per heavy atom. The van der Waals surface area contributed by atoms with E-state index >= 15 is 0 Å². The Balaban J connectivity index is 0.000000172. The number of nitrogens with zero attached hydrogens (tertiary/aromatic N) is 6. The molecule has 0 radical (unpaired) electrons. The molecule has 4 aromatic heterocycles. The summed E-state index contributed by atoms with van der Waals surface area (Å²) >= 11 is 9.53. The molecule has 0 unspecified atom stereocenters. The molecule has 4 aliphatic heterocycles. The van der Waals surface area contributed by atoms with E-state index in [2.05, 4.69) is 29.9 Å². The van der Waals surface area contributed by atoms with Gasteiger partial charge in [-0.05, 0) is 27.7 Å². The van der Waals surface area contributed by atoms with Crippen molar-refractivity contribution in [2.24, 2.45) is 0 Å². The molecular weight excluding hydrogens is 867 g/mol. The van der Waals surface area contributed by atoms with Gasteiger partial charge in [0.25, 0.3) is 0 Å². The number of aromatic nitrogens is 8. The Labute approximate surface area is 368 Å². The van der Waals surface area contributed by atoms with Gasteiger partial charge in [0.1, 0.15) is 70.9 Å². The molecule has 10 rings (SSSR count). The van der Waals surface area contributed by atoms with Crippen molar-refractivity contribution in [3.8, 4) is 22.8 Å². The predicted octanol–water partition coefficient (Wildman–Crippen LogP) is 2.59. The highest BCUT2D eigenvalue weighted by Gasteiger charge is 2.58. The van der Waals surface area contributed by atoms with E-state index in [1.165, 1.54) is 0 Å². The fraction of sp³-hybridized carbons (Fsp3) is 0.450. The molecule has 6 aromatic rings. The summed E-state index contributed by atoms with van der Waals surface area (Å²) in [5.74, 6) is -0.388. The normalized spacial score (nSPS) is 26.3. The number of nitrogen functional groups attached to an aromatic ring is 2. The van der Waals surface area contributed by atoms with Crippen LogP contribution in [0.5, 0.6) is 0 Å². The van der Waals surface area contributed by atoms with Gasteiger partial charge in [-0.1, -0.05) is 60.7 Å². The maximum Gasteiger partial charge on any atom is 0.348 e. The van der Waals surface area contributed by atoms with E-state index in [1.54, 1.807) is 9.13 Å². The fourth-order valence-corrected chi connectivity index (χ4v) is 8.11. The molecule has 2 aromatic carbocycles. The zero-order valence-electron chi connectivity index (χ0n) is 34.7. The van der Waals surface area contributed by atoms with E-state index in [0.717, 1.165) is 18.2 Å². The van der Waals surface area contributed by atoms with Gasteiger partial charge in [0.15, 0.2) is 35.3 Å². The Kier molecular flexibility index (Phi) is 13.6. The third-order valence-electron chi connectivity index (χ3n) is 10.4. The summed E-state index contributed by atoms with van der Waals surface area (Å²) in [7, 11) is 1.00. The molecule has 0 bridgehead atoms. The van der Waals surface area contributed by atoms with Gasteiger partial charge < -0.3 is 55.2 Å². The second-order valence-corrected chi connectivity index (χ2v) is 16.1. The topological polar surface area (TPSA) is 295 Å². The van der Waals surface area contributed by atoms with Crippen LogP contribution in [0.3, 0.4) is 0 Å². The van der Waals surface area contributed by atoms with Crippen molar-refractivity contribution in [2.75, 3.05) is 37.1 Å². The lowest BCUT2D eigenvalue weighted by atomic mass is 10.1. The molecule has 0 amide bonds. The highest BCUT2D eigenvalue weighted by molar-refractivity contribution is 6.40. The summed E-state index contributed by atoms with van der Waals surface area (Å²) in [4.78, 5) is 46.5. The van der Waals surface area contributed by atoms with Crippen molar-refractivity contribution in [1.82, 2.24) is 39.0 Å². The molecule has 0 aliphatic carbocycles. The minimum Gasteiger partial charge on any atom is -0.400 e. The molecule has 0 spiro atoms. The molecule has 8 heterocycles. The van der Waals surface area contributed by atoms with E-state index < -0.39 is 72.0 Å². The van der Waals surface area contributed by atoms with Crippen LogP contribution in [-0.2, 0) is 28.4 Å². The highest BCUT2D eigenvalue weighted by Crippen LogP contribution is 2.47. The van der Waals surface area contributed by atoms with Crippen molar-refractivity contribution in [3.05, 3.63) is 81.6 Å². The monoisotopic (exact) mass is 914 g/mol. The number of fused-ring (bicyclic) bond motifs is 4. The number of aliphatic hydroxyl groups excluding tert-OH is 3. The quantitative estimate of drug-likeness (QED) is 0.118. The number of nitrogens with two attached hydrogens (primary N) is 2. The van der Waals surface area contributed by atoms with Gasteiger partial charge in [-0.15, -0.1) is 23.2 Å². The van der Waals surface area contributed by atoms with Crippen LogP contribution in [0, 0.1) is 0 Å². The number of aliphatic hydroxyl groups is 3. The number of rotatable bonds is 6. The minimum atomic E-state index is -0.835. The van der Waals surface area contributed by atoms with Crippen molar-refractivity contribution < 1.29 is 43.7 Å². The number of H-pyrrole nitrogens is 2. The minimum absolute atomic E-state index is 0.119. The summed E-state index contributed by atoms with van der Waals surface area (Å²) < 4.78 is 39.7. The second kappa shape index (κ2) is 18.6. The third-order valence-corrected chi connectivity index (χ3v) is 10.4. The van der Waals surface area contributed by atoms with E-state index in [1.807, 2.05) is 88.4 Å². The van der Waals surface area contributed by atoms with Crippen LogP contribution in [0.4, 0.5) is 11.6 Å². The number of anilines is 2. The maximum atomic E-state index is 12.0. The summed E-state index contributed by atoms with van der Waals surface area (Å²) in [6, 6.07) is 18.9. The Bertz CT molecular complexity index is 2460. The van der Waals surface area contributed by atoms with Crippen molar-refractivity contribution in [2.45, 2.75) is 88.3 Å². The second-order valence-electron chi connectivity index (χ2n) is 15.3. The number of ether oxygens (including phenoxy) is 6. The van der Waals surface area contributed by atoms with Gasteiger partial charge in [-0.3, -0.25) is 19.1 Å². The van der Waals surface area contributed by atoms with E-state index in [0.29, 0.717) is 22.7 Å². The Morgan fingerprint density at radius 2 is 0.952 bits per heavy atom. The molecule has 0 saturated carbocycles. The number of aromatic amines is 2. The lowest BCUT2D eigenvalue weighted by Crippen LogP contribution is -2.31. The van der Waals surface area contributed by atoms with Crippen LogP contribution < -0.4 is 22.8 Å². The van der Waals surface area contributed by atoms with Crippen LogP contribution in [0.15, 0.2) is 70.3 Å². The zero-order valence-corrected chi connectivity index (χ0v) is 36.2. The number of nitrogens with one attached hydrogen (secondary N) is 2. The standard InChI is InChI=1S/2C19H21N5O5.CH2Cl2.CH4O/c2*1-19(2)28-12-10(8-25)27-17(13(12)29-19)24-15(9-6-4-3-5-7-9)21-11-14(20)22-18(26)23-16(11)24;2-1-3;1-2/h2*3-7,10,12-13,17,25H,8H2,1-2H3,(H3,20,22,23,26);1H2;2H,1H3/t2*10-,12-,13-,17-;;/m11../s1. The van der Waals surface area contributed by atoms with Gasteiger partial charge in [-0.2, -0.15) is 9.97 Å². The van der Waals surface area contributed by atoms with E-state index in [9.17, 15) is 19.8 Å². The van der Waals surface area contributed by atoms with Crippen LogP contribution in [0.25, 0.3) is 45.1 Å². The number of hydrogen-bond acceptors (Lipinski definition) is 17. The fourth-order valence-electron chi connectivity index (χ4n) is 8.11. The number of alkyl halides is 2.